The lowest BCUT2D eigenvalue weighted by molar-refractivity contribution is 0.194. The van der Waals surface area contributed by atoms with Gasteiger partial charge in [0.15, 0.2) is 0 Å². The van der Waals surface area contributed by atoms with E-state index in [1.165, 1.54) is 16.5 Å². The maximum atomic E-state index is 12.7. The Morgan fingerprint density at radius 1 is 1.60 bits per heavy atom. The lowest BCUT2D eigenvalue weighted by atomic mass is 9.98. The smallest absolute Gasteiger partial charge is 0.211 e. The van der Waals surface area contributed by atoms with Gasteiger partial charge >= 0.3 is 0 Å². The van der Waals surface area contributed by atoms with E-state index in [1.807, 2.05) is 6.92 Å². The molecule has 5 nitrogen and oxygen atoms in total. The fourth-order valence-electron chi connectivity index (χ4n) is 2.21. The molecule has 110 valence electrons. The molecule has 1 aromatic heterocycles. The van der Waals surface area contributed by atoms with Crippen LogP contribution in [0.4, 0.5) is 0 Å². The molecule has 0 spiro atoms. The molecule has 1 aliphatic heterocycles. The molecule has 2 atom stereocenters. The SMILES string of the molecule is CC1CCCN(S(=O)(=O)c2cc(Cl)c(Br)s2)C1N=C=O. The van der Waals surface area contributed by atoms with Gasteiger partial charge in [-0.2, -0.15) is 9.30 Å². The summed E-state index contributed by atoms with van der Waals surface area (Å²) < 4.78 is 27.3. The Labute approximate surface area is 134 Å². The number of thiophene rings is 1. The molecule has 0 aromatic carbocycles. The summed E-state index contributed by atoms with van der Waals surface area (Å²) in [4.78, 5) is 14.2. The summed E-state index contributed by atoms with van der Waals surface area (Å²) in [6.07, 6.45) is 2.36. The van der Waals surface area contributed by atoms with E-state index in [0.717, 1.165) is 24.2 Å². The topological polar surface area (TPSA) is 66.8 Å². The van der Waals surface area contributed by atoms with E-state index >= 15 is 0 Å². The highest BCUT2D eigenvalue weighted by atomic mass is 79.9. The first kappa shape index (κ1) is 16.1. The van der Waals surface area contributed by atoms with Gasteiger partial charge in [-0.05, 0) is 40.8 Å². The van der Waals surface area contributed by atoms with Crippen LogP contribution in [0.5, 0.6) is 0 Å². The number of hydrogen-bond acceptors (Lipinski definition) is 5. The van der Waals surface area contributed by atoms with E-state index in [4.69, 9.17) is 11.6 Å². The number of hydrogen-bond donors (Lipinski definition) is 0. The molecule has 0 amide bonds. The number of rotatable bonds is 3. The van der Waals surface area contributed by atoms with E-state index in [1.54, 1.807) is 0 Å². The van der Waals surface area contributed by atoms with Crippen LogP contribution in [0.15, 0.2) is 19.1 Å². The van der Waals surface area contributed by atoms with Crippen molar-refractivity contribution in [3.05, 3.63) is 14.9 Å². The van der Waals surface area contributed by atoms with Gasteiger partial charge in [-0.25, -0.2) is 13.2 Å². The molecule has 1 saturated heterocycles. The summed E-state index contributed by atoms with van der Waals surface area (Å²) in [7, 11) is -3.70. The minimum absolute atomic E-state index is 0.0150. The Morgan fingerprint density at radius 2 is 2.30 bits per heavy atom. The number of carbonyl (C=O) groups excluding carboxylic acids is 1. The number of sulfonamides is 1. The quantitative estimate of drug-likeness (QED) is 0.579. The van der Waals surface area contributed by atoms with Crippen molar-refractivity contribution in [2.45, 2.75) is 30.1 Å². The number of halogens is 2. The van der Waals surface area contributed by atoms with Crippen LogP contribution in [0.1, 0.15) is 19.8 Å². The third kappa shape index (κ3) is 3.00. The summed E-state index contributed by atoms with van der Waals surface area (Å²) >= 11 is 10.2. The molecular weight excluding hydrogens is 388 g/mol. The fourth-order valence-corrected chi connectivity index (χ4v) is 6.40. The van der Waals surface area contributed by atoms with Gasteiger partial charge in [-0.15, -0.1) is 11.3 Å². The molecule has 0 N–H and O–H groups in total. The molecule has 1 aliphatic rings. The maximum absolute atomic E-state index is 12.7. The lowest BCUT2D eigenvalue weighted by Crippen LogP contribution is -2.46. The van der Waals surface area contributed by atoms with Gasteiger partial charge in [0.1, 0.15) is 10.4 Å². The van der Waals surface area contributed by atoms with Crippen molar-refractivity contribution in [1.29, 1.82) is 0 Å². The van der Waals surface area contributed by atoms with Gasteiger partial charge in [0.25, 0.3) is 10.0 Å². The van der Waals surface area contributed by atoms with Crippen LogP contribution in [0, 0.1) is 5.92 Å². The highest BCUT2D eigenvalue weighted by Gasteiger charge is 2.38. The van der Waals surface area contributed by atoms with Gasteiger partial charge in [0, 0.05) is 6.54 Å². The third-order valence-electron chi connectivity index (χ3n) is 3.21. The van der Waals surface area contributed by atoms with Crippen molar-refractivity contribution in [2.24, 2.45) is 10.9 Å². The Bertz CT molecular complexity index is 635. The van der Waals surface area contributed by atoms with Gasteiger partial charge in [-0.1, -0.05) is 18.5 Å². The predicted molar refractivity (Wildman–Crippen MR) is 81.2 cm³/mol. The maximum Gasteiger partial charge on any atom is 0.254 e. The summed E-state index contributed by atoms with van der Waals surface area (Å²) in [5, 5.41) is 0.356. The van der Waals surface area contributed by atoms with Crippen molar-refractivity contribution in [2.75, 3.05) is 6.54 Å². The molecule has 1 fully saturated rings. The largest absolute Gasteiger partial charge is 0.254 e. The van der Waals surface area contributed by atoms with Gasteiger partial charge in [0.2, 0.25) is 6.08 Å². The molecule has 0 radical (unpaired) electrons. The summed E-state index contributed by atoms with van der Waals surface area (Å²) in [5.41, 5.74) is 0. The van der Waals surface area contributed by atoms with Crippen molar-refractivity contribution >= 4 is 55.0 Å². The van der Waals surface area contributed by atoms with Crippen molar-refractivity contribution in [3.63, 3.8) is 0 Å². The number of aliphatic imine (C=N–C) groups is 1. The highest BCUT2D eigenvalue weighted by molar-refractivity contribution is 9.11. The van der Waals surface area contributed by atoms with Crippen LogP contribution in [-0.4, -0.2) is 31.5 Å². The Hall–Kier alpha value is -0.240. The Balaban J connectivity index is 2.43. The highest BCUT2D eigenvalue weighted by Crippen LogP contribution is 2.38. The number of piperidine rings is 1. The minimum atomic E-state index is -3.70. The average molecular weight is 400 g/mol. The van der Waals surface area contributed by atoms with E-state index in [-0.39, 0.29) is 10.1 Å². The van der Waals surface area contributed by atoms with E-state index < -0.39 is 16.2 Å². The second-order valence-corrected chi connectivity index (χ2v) is 9.45. The summed E-state index contributed by atoms with van der Waals surface area (Å²) in [5.74, 6) is -0.0150. The van der Waals surface area contributed by atoms with E-state index in [2.05, 4.69) is 20.9 Å². The molecule has 2 unspecified atom stereocenters. The average Bonchev–Trinajstić information content (AvgIpc) is 2.73. The third-order valence-corrected chi connectivity index (χ3v) is 8.01. The molecule has 0 saturated carbocycles. The lowest BCUT2D eigenvalue weighted by Gasteiger charge is -2.35. The first-order chi connectivity index (χ1) is 9.37. The first-order valence-corrected chi connectivity index (χ1v) is 9.34. The zero-order chi connectivity index (χ0) is 14.9. The molecule has 0 aliphatic carbocycles. The van der Waals surface area contributed by atoms with E-state index in [9.17, 15) is 13.2 Å². The fraction of sp³-hybridized carbons (Fsp3) is 0.545. The normalized spacial score (nSPS) is 24.4. The van der Waals surface area contributed by atoms with Crippen molar-refractivity contribution in [3.8, 4) is 0 Å². The predicted octanol–water partition coefficient (Wildman–Crippen LogP) is 3.25. The van der Waals surface area contributed by atoms with Crippen molar-refractivity contribution < 1.29 is 13.2 Å². The van der Waals surface area contributed by atoms with Crippen LogP contribution >= 0.6 is 38.9 Å². The second kappa shape index (κ2) is 6.25. The molecule has 0 bridgehead atoms. The Kier molecular flexibility index (Phi) is 5.05. The Morgan fingerprint density at radius 3 is 2.85 bits per heavy atom. The van der Waals surface area contributed by atoms with Crippen LogP contribution in [0.25, 0.3) is 0 Å². The minimum Gasteiger partial charge on any atom is -0.211 e. The van der Waals surface area contributed by atoms with Crippen LogP contribution in [0.3, 0.4) is 0 Å². The molecule has 2 rings (SSSR count). The number of isocyanates is 1. The molecular formula is C11H12BrClN2O3S2. The van der Waals surface area contributed by atoms with Gasteiger partial charge in [-0.3, -0.25) is 0 Å². The van der Waals surface area contributed by atoms with Crippen molar-refractivity contribution in [1.82, 2.24) is 4.31 Å². The monoisotopic (exact) mass is 398 g/mol. The van der Waals surface area contributed by atoms with Gasteiger partial charge in [0.05, 0.1) is 8.81 Å². The first-order valence-electron chi connectivity index (χ1n) is 5.91. The molecule has 20 heavy (non-hydrogen) atoms. The standard InChI is InChI=1S/C11H12BrClN2O3S2/c1-7-3-2-4-15(11(7)14-6-16)20(17,18)9-5-8(13)10(12)19-9/h5,7,11H,2-4H2,1H3. The zero-order valence-corrected chi connectivity index (χ0v) is 14.5. The zero-order valence-electron chi connectivity index (χ0n) is 10.5. The summed E-state index contributed by atoms with van der Waals surface area (Å²) in [6, 6.07) is 1.41. The van der Waals surface area contributed by atoms with Crippen LogP contribution < -0.4 is 0 Å². The molecule has 2 heterocycles. The molecule has 9 heteroatoms. The number of nitrogens with zero attached hydrogens (tertiary/aromatic N) is 2. The van der Waals surface area contributed by atoms with Crippen LogP contribution in [-0.2, 0) is 14.8 Å². The summed E-state index contributed by atoms with van der Waals surface area (Å²) in [6.45, 7) is 2.22. The molecule has 1 aromatic rings. The van der Waals surface area contributed by atoms with Gasteiger partial charge < -0.3 is 0 Å². The van der Waals surface area contributed by atoms with Crippen LogP contribution in [0.2, 0.25) is 5.02 Å². The second-order valence-electron chi connectivity index (χ2n) is 4.56. The van der Waals surface area contributed by atoms with E-state index in [0.29, 0.717) is 15.4 Å².